The molecule has 0 atom stereocenters. The molecule has 40 heavy (non-hydrogen) atoms. The summed E-state index contributed by atoms with van der Waals surface area (Å²) in [5.41, 5.74) is 3.32. The zero-order chi connectivity index (χ0) is 28.1. The van der Waals surface area contributed by atoms with Gasteiger partial charge in [-0.2, -0.15) is 4.98 Å². The number of methoxy groups -OCH3 is 3. The number of benzene rings is 2. The van der Waals surface area contributed by atoms with Crippen molar-refractivity contribution in [3.05, 3.63) is 35.9 Å². The highest BCUT2D eigenvalue weighted by Crippen LogP contribution is 2.36. The van der Waals surface area contributed by atoms with Crippen molar-refractivity contribution in [3.63, 3.8) is 0 Å². The van der Waals surface area contributed by atoms with E-state index in [-0.39, 0.29) is 0 Å². The third-order valence-electron chi connectivity index (χ3n) is 8.20. The van der Waals surface area contributed by atoms with Crippen molar-refractivity contribution in [2.45, 2.75) is 51.1 Å². The van der Waals surface area contributed by atoms with Crippen LogP contribution in [-0.4, -0.2) is 82.5 Å². The number of hydrogen-bond donors (Lipinski definition) is 1. The highest BCUT2D eigenvalue weighted by molar-refractivity contribution is 5.93. The molecule has 0 radical (unpaired) electrons. The fourth-order valence-corrected chi connectivity index (χ4v) is 5.94. The molecule has 216 valence electrons. The molecule has 2 aromatic carbocycles. The van der Waals surface area contributed by atoms with Crippen molar-refractivity contribution in [2.75, 3.05) is 76.7 Å². The molecular formula is C31H44N6O3. The molecule has 2 aliphatic rings. The molecule has 2 saturated heterocycles. The van der Waals surface area contributed by atoms with E-state index in [0.717, 1.165) is 74.0 Å². The van der Waals surface area contributed by atoms with Gasteiger partial charge in [0.2, 0.25) is 5.95 Å². The van der Waals surface area contributed by atoms with Crippen molar-refractivity contribution >= 4 is 28.4 Å². The predicted octanol–water partition coefficient (Wildman–Crippen LogP) is 5.18. The summed E-state index contributed by atoms with van der Waals surface area (Å²) in [7, 11) is 9.27. The van der Waals surface area contributed by atoms with Crippen molar-refractivity contribution in [2.24, 2.45) is 0 Å². The van der Waals surface area contributed by atoms with Crippen LogP contribution in [-0.2, 0) is 6.54 Å². The van der Waals surface area contributed by atoms with E-state index in [1.807, 2.05) is 12.1 Å². The fraction of sp³-hybridized carbons (Fsp3) is 0.548. The molecule has 5 rings (SSSR count). The molecule has 1 aromatic heterocycles. The Hall–Kier alpha value is -3.46. The van der Waals surface area contributed by atoms with E-state index in [2.05, 4.69) is 52.3 Å². The Morgan fingerprint density at radius 1 is 0.850 bits per heavy atom. The van der Waals surface area contributed by atoms with Crippen LogP contribution in [0, 0.1) is 0 Å². The molecule has 0 spiro atoms. The van der Waals surface area contributed by atoms with Crippen LogP contribution >= 0.6 is 0 Å². The van der Waals surface area contributed by atoms with Gasteiger partial charge < -0.3 is 29.3 Å². The summed E-state index contributed by atoms with van der Waals surface area (Å²) in [6.45, 7) is 4.86. The number of aromatic nitrogens is 2. The summed E-state index contributed by atoms with van der Waals surface area (Å²) in [6.07, 6.45) is 6.95. The van der Waals surface area contributed by atoms with E-state index < -0.39 is 0 Å². The zero-order valence-corrected chi connectivity index (χ0v) is 24.7. The molecule has 0 saturated carbocycles. The first-order valence-electron chi connectivity index (χ1n) is 14.5. The molecule has 2 fully saturated rings. The largest absolute Gasteiger partial charge is 0.496 e. The van der Waals surface area contributed by atoms with Crippen LogP contribution in [0.2, 0.25) is 0 Å². The van der Waals surface area contributed by atoms with Gasteiger partial charge in [0.05, 0.1) is 26.8 Å². The van der Waals surface area contributed by atoms with Gasteiger partial charge in [-0.1, -0.05) is 18.9 Å². The minimum atomic E-state index is 0.324. The first-order chi connectivity index (χ1) is 19.5. The maximum Gasteiger partial charge on any atom is 0.227 e. The van der Waals surface area contributed by atoms with Crippen LogP contribution in [0.3, 0.4) is 0 Å². The Morgan fingerprint density at radius 2 is 1.52 bits per heavy atom. The van der Waals surface area contributed by atoms with Gasteiger partial charge in [0.1, 0.15) is 11.6 Å². The molecule has 2 aliphatic heterocycles. The third-order valence-corrected chi connectivity index (χ3v) is 8.20. The fourth-order valence-electron chi connectivity index (χ4n) is 5.94. The van der Waals surface area contributed by atoms with Crippen LogP contribution in [0.25, 0.3) is 10.9 Å². The average Bonchev–Trinajstić information content (AvgIpc) is 3.27. The zero-order valence-electron chi connectivity index (χ0n) is 24.7. The smallest absolute Gasteiger partial charge is 0.227 e. The van der Waals surface area contributed by atoms with Crippen molar-refractivity contribution in [3.8, 4) is 17.2 Å². The van der Waals surface area contributed by atoms with Gasteiger partial charge in [-0.15, -0.1) is 0 Å². The second-order valence-corrected chi connectivity index (χ2v) is 11.0. The quantitative estimate of drug-likeness (QED) is 0.389. The molecule has 1 N–H and O–H groups in total. The topological polar surface area (TPSA) is 75.2 Å². The summed E-state index contributed by atoms with van der Waals surface area (Å²) in [5.74, 6) is 4.00. The van der Waals surface area contributed by atoms with Crippen LogP contribution in [0.5, 0.6) is 17.2 Å². The number of rotatable bonds is 9. The van der Waals surface area contributed by atoms with E-state index in [0.29, 0.717) is 17.5 Å². The molecule has 9 heteroatoms. The Kier molecular flexibility index (Phi) is 8.99. The highest BCUT2D eigenvalue weighted by atomic mass is 16.5. The van der Waals surface area contributed by atoms with Gasteiger partial charge in [0.15, 0.2) is 11.5 Å². The lowest BCUT2D eigenvalue weighted by molar-refractivity contribution is 0.209. The molecule has 0 amide bonds. The van der Waals surface area contributed by atoms with Crippen molar-refractivity contribution in [1.82, 2.24) is 14.9 Å². The minimum Gasteiger partial charge on any atom is -0.496 e. The summed E-state index contributed by atoms with van der Waals surface area (Å²) in [5, 5.41) is 4.77. The number of hydrogen-bond acceptors (Lipinski definition) is 9. The van der Waals surface area contributed by atoms with E-state index in [4.69, 9.17) is 24.2 Å². The number of piperidine rings is 1. The molecular weight excluding hydrogens is 504 g/mol. The van der Waals surface area contributed by atoms with Crippen LogP contribution < -0.4 is 29.3 Å². The summed E-state index contributed by atoms with van der Waals surface area (Å²) >= 11 is 0. The normalized spacial score (nSPS) is 17.0. The van der Waals surface area contributed by atoms with Crippen LogP contribution in [0.1, 0.15) is 44.1 Å². The van der Waals surface area contributed by atoms with Gasteiger partial charge in [-0.05, 0) is 43.9 Å². The van der Waals surface area contributed by atoms with Crippen molar-refractivity contribution in [1.29, 1.82) is 0 Å². The monoisotopic (exact) mass is 548 g/mol. The summed E-state index contributed by atoms with van der Waals surface area (Å²) in [6, 6.07) is 10.6. The maximum absolute atomic E-state index is 5.72. The van der Waals surface area contributed by atoms with Crippen LogP contribution in [0.4, 0.5) is 17.5 Å². The molecule has 3 aromatic rings. The van der Waals surface area contributed by atoms with Crippen molar-refractivity contribution < 1.29 is 14.2 Å². The van der Waals surface area contributed by atoms with E-state index in [9.17, 15) is 0 Å². The lowest BCUT2D eigenvalue weighted by atomic mass is 10.0. The first-order valence-corrected chi connectivity index (χ1v) is 14.5. The molecule has 0 aliphatic carbocycles. The van der Waals surface area contributed by atoms with Crippen LogP contribution in [0.15, 0.2) is 30.3 Å². The Labute approximate surface area is 238 Å². The van der Waals surface area contributed by atoms with E-state index >= 15 is 0 Å². The Balaban J connectivity index is 1.36. The van der Waals surface area contributed by atoms with Gasteiger partial charge in [0, 0.05) is 75.6 Å². The number of nitrogens with one attached hydrogen (secondary N) is 1. The Morgan fingerprint density at radius 3 is 2.17 bits per heavy atom. The maximum atomic E-state index is 5.72. The highest BCUT2D eigenvalue weighted by Gasteiger charge is 2.24. The molecule has 9 nitrogen and oxygen atoms in total. The first kappa shape index (κ1) is 28.1. The standard InChI is InChI=1S/C31H44N6O3/c1-35(2)26-11-10-12-27(38-3)24(26)21-36-17-13-22(14-18-36)32-30-23-19-28(39-4)29(40-5)20-25(23)33-31(34-30)37-15-8-6-7-9-16-37/h10-12,19-20,22H,6-9,13-18,21H2,1-5H3,(H,32,33,34). The van der Waals surface area contributed by atoms with E-state index in [1.165, 1.54) is 36.9 Å². The second-order valence-electron chi connectivity index (χ2n) is 11.0. The van der Waals surface area contributed by atoms with E-state index in [1.54, 1.807) is 21.3 Å². The SMILES string of the molecule is COc1cc2nc(N3CCCCCC3)nc(NC3CCN(Cc4c(OC)cccc4N(C)C)CC3)c2cc1OC. The lowest BCUT2D eigenvalue weighted by Gasteiger charge is -2.34. The number of fused-ring (bicyclic) bond motifs is 1. The number of anilines is 3. The molecule has 0 bridgehead atoms. The minimum absolute atomic E-state index is 0.324. The number of likely N-dealkylation sites (tertiary alicyclic amines) is 1. The summed E-state index contributed by atoms with van der Waals surface area (Å²) in [4.78, 5) is 17.1. The van der Waals surface area contributed by atoms with Gasteiger partial charge in [0.25, 0.3) is 0 Å². The Bertz CT molecular complexity index is 1280. The summed E-state index contributed by atoms with van der Waals surface area (Å²) < 4.78 is 17.0. The van der Waals surface area contributed by atoms with Gasteiger partial charge >= 0.3 is 0 Å². The number of ether oxygens (including phenoxy) is 3. The predicted molar refractivity (Wildman–Crippen MR) is 163 cm³/mol. The average molecular weight is 549 g/mol. The second kappa shape index (κ2) is 12.8. The molecule has 3 heterocycles. The van der Waals surface area contributed by atoms with Gasteiger partial charge in [-0.25, -0.2) is 4.98 Å². The lowest BCUT2D eigenvalue weighted by Crippen LogP contribution is -2.39. The third kappa shape index (κ3) is 6.14. The number of nitrogens with zero attached hydrogens (tertiary/aromatic N) is 5. The van der Waals surface area contributed by atoms with Gasteiger partial charge in [-0.3, -0.25) is 4.90 Å². The molecule has 0 unspecified atom stereocenters.